The predicted molar refractivity (Wildman–Crippen MR) is 121 cm³/mol. The van der Waals surface area contributed by atoms with Crippen molar-refractivity contribution in [2.24, 2.45) is 0 Å². The van der Waals surface area contributed by atoms with Crippen LogP contribution in [0.2, 0.25) is 0 Å². The second-order valence-corrected chi connectivity index (χ2v) is 10.8. The van der Waals surface area contributed by atoms with Gasteiger partial charge in [-0.1, -0.05) is 0 Å². The fourth-order valence-corrected chi connectivity index (χ4v) is 5.64. The van der Waals surface area contributed by atoms with E-state index in [4.69, 9.17) is 25.2 Å². The Morgan fingerprint density at radius 2 is 2.00 bits per heavy atom. The van der Waals surface area contributed by atoms with Gasteiger partial charge in [-0.05, 0) is 31.9 Å². The highest BCUT2D eigenvalue weighted by Crippen LogP contribution is 2.52. The summed E-state index contributed by atoms with van der Waals surface area (Å²) in [6.45, 7) is 3.85. The summed E-state index contributed by atoms with van der Waals surface area (Å²) >= 11 is 0. The van der Waals surface area contributed by atoms with Crippen LogP contribution in [0, 0.1) is 0 Å². The number of hydrogen-bond donors (Lipinski definition) is 1. The summed E-state index contributed by atoms with van der Waals surface area (Å²) in [6, 6.07) is 7.34. The Hall–Kier alpha value is -2.92. The average Bonchev–Trinajstić information content (AvgIpc) is 3.51. The van der Waals surface area contributed by atoms with Gasteiger partial charge in [0, 0.05) is 24.9 Å². The van der Waals surface area contributed by atoms with Crippen molar-refractivity contribution in [1.29, 1.82) is 0 Å². The second kappa shape index (κ2) is 7.31. The van der Waals surface area contributed by atoms with Crippen LogP contribution in [0.25, 0.3) is 17.0 Å². The topological polar surface area (TPSA) is 125 Å². The van der Waals surface area contributed by atoms with E-state index in [0.717, 1.165) is 0 Å². The number of nitrogen functional groups attached to an aromatic ring is 1. The molecule has 2 fully saturated rings. The number of imidazole rings is 1. The number of hydrogen-bond acceptors (Lipinski definition) is 9. The van der Waals surface area contributed by atoms with E-state index in [9.17, 15) is 8.42 Å². The molecule has 2 aliphatic rings. The van der Waals surface area contributed by atoms with Crippen LogP contribution >= 0.6 is 0 Å². The van der Waals surface area contributed by atoms with Crippen LogP contribution in [-0.4, -0.2) is 67.1 Å². The SMILES string of the molecule is COc1ccc2c(c1)nc(N)n2-c1nc(N2CCOC[C@H]2C)cc(C2(S(C)(=O)=O)CC2)n1. The van der Waals surface area contributed by atoms with Crippen LogP contribution in [0.1, 0.15) is 25.5 Å². The lowest BCUT2D eigenvalue weighted by molar-refractivity contribution is 0.0985. The van der Waals surface area contributed by atoms with Crippen molar-refractivity contribution in [2.45, 2.75) is 30.6 Å². The lowest BCUT2D eigenvalue weighted by Gasteiger charge is -2.34. The van der Waals surface area contributed by atoms with E-state index in [1.165, 1.54) is 6.26 Å². The molecule has 2 aromatic heterocycles. The molecule has 1 aliphatic heterocycles. The Balaban J connectivity index is 1.72. The maximum atomic E-state index is 12.7. The maximum absolute atomic E-state index is 12.7. The quantitative estimate of drug-likeness (QED) is 0.607. The van der Waals surface area contributed by atoms with Gasteiger partial charge < -0.3 is 20.1 Å². The van der Waals surface area contributed by atoms with E-state index in [1.807, 2.05) is 12.1 Å². The molecular weight excluding hydrogens is 432 g/mol. The van der Waals surface area contributed by atoms with E-state index in [1.54, 1.807) is 23.8 Å². The minimum Gasteiger partial charge on any atom is -0.497 e. The molecular formula is C21H26N6O4S. The maximum Gasteiger partial charge on any atom is 0.239 e. The van der Waals surface area contributed by atoms with Gasteiger partial charge in [0.1, 0.15) is 16.3 Å². The first-order valence-corrected chi connectivity index (χ1v) is 12.4. The molecule has 170 valence electrons. The number of sulfone groups is 1. The van der Waals surface area contributed by atoms with Gasteiger partial charge >= 0.3 is 0 Å². The van der Waals surface area contributed by atoms with Crippen molar-refractivity contribution in [2.75, 3.05) is 43.8 Å². The molecule has 11 heteroatoms. The van der Waals surface area contributed by atoms with Gasteiger partial charge in [0.25, 0.3) is 0 Å². The van der Waals surface area contributed by atoms with Gasteiger partial charge in [-0.2, -0.15) is 4.98 Å². The molecule has 1 atom stereocenters. The summed E-state index contributed by atoms with van der Waals surface area (Å²) in [5.41, 5.74) is 8.12. The second-order valence-electron chi connectivity index (χ2n) is 8.46. The average molecular weight is 459 g/mol. The van der Waals surface area contributed by atoms with E-state index in [0.29, 0.717) is 66.8 Å². The third kappa shape index (κ3) is 3.27. The molecule has 0 unspecified atom stereocenters. The molecule has 0 spiro atoms. The molecule has 1 saturated heterocycles. The van der Waals surface area contributed by atoms with Crippen molar-refractivity contribution >= 4 is 32.6 Å². The molecule has 10 nitrogen and oxygen atoms in total. The highest BCUT2D eigenvalue weighted by Gasteiger charge is 2.55. The Kier molecular flexibility index (Phi) is 4.79. The number of methoxy groups -OCH3 is 1. The normalized spacial score (nSPS) is 20.5. The number of anilines is 2. The van der Waals surface area contributed by atoms with Crippen LogP contribution in [0.5, 0.6) is 5.75 Å². The third-order valence-corrected chi connectivity index (χ3v) is 8.37. The molecule has 1 aromatic carbocycles. The summed E-state index contributed by atoms with van der Waals surface area (Å²) < 4.78 is 36.9. The van der Waals surface area contributed by atoms with E-state index in [-0.39, 0.29) is 12.0 Å². The van der Waals surface area contributed by atoms with Gasteiger partial charge in [-0.3, -0.25) is 0 Å². The molecule has 0 amide bonds. The minimum absolute atomic E-state index is 0.0916. The molecule has 1 aliphatic carbocycles. The molecule has 2 N–H and O–H groups in total. The number of benzene rings is 1. The zero-order chi connectivity index (χ0) is 22.7. The van der Waals surface area contributed by atoms with Crippen molar-refractivity contribution in [3.05, 3.63) is 30.0 Å². The van der Waals surface area contributed by atoms with E-state index < -0.39 is 14.6 Å². The lowest BCUT2D eigenvalue weighted by Crippen LogP contribution is -2.44. The van der Waals surface area contributed by atoms with Crippen LogP contribution in [0.4, 0.5) is 11.8 Å². The Labute approximate surface area is 186 Å². The standard InChI is InChI=1S/C21H26N6O4S/c1-13-12-31-9-8-26(13)18-11-17(21(6-7-21)32(3,28)29)24-20(25-18)27-16-5-4-14(30-2)10-15(16)23-19(27)22/h4-5,10-11,13H,6-9,12H2,1-3H3,(H2,22,23)/t13-/m1/s1. The Morgan fingerprint density at radius 3 is 2.66 bits per heavy atom. The largest absolute Gasteiger partial charge is 0.497 e. The zero-order valence-corrected chi connectivity index (χ0v) is 19.1. The van der Waals surface area contributed by atoms with Crippen LogP contribution in [0.3, 0.4) is 0 Å². The first-order valence-electron chi connectivity index (χ1n) is 10.5. The Morgan fingerprint density at radius 1 is 1.22 bits per heavy atom. The highest BCUT2D eigenvalue weighted by molar-refractivity contribution is 7.91. The lowest BCUT2D eigenvalue weighted by atomic mass is 10.2. The van der Waals surface area contributed by atoms with Gasteiger partial charge in [-0.25, -0.2) is 23.0 Å². The van der Waals surface area contributed by atoms with Crippen molar-refractivity contribution in [1.82, 2.24) is 19.5 Å². The number of morpholine rings is 1. The van der Waals surface area contributed by atoms with Crippen molar-refractivity contribution < 1.29 is 17.9 Å². The summed E-state index contributed by atoms with van der Waals surface area (Å²) in [5, 5.41) is 0. The van der Waals surface area contributed by atoms with Gasteiger partial charge in [0.15, 0.2) is 9.84 Å². The van der Waals surface area contributed by atoms with Crippen LogP contribution < -0.4 is 15.4 Å². The summed E-state index contributed by atoms with van der Waals surface area (Å²) in [6.07, 6.45) is 2.35. The number of aromatic nitrogens is 4. The molecule has 32 heavy (non-hydrogen) atoms. The molecule has 3 heterocycles. The summed E-state index contributed by atoms with van der Waals surface area (Å²) in [7, 11) is -1.77. The first kappa shape index (κ1) is 21.0. The van der Waals surface area contributed by atoms with Crippen LogP contribution in [-0.2, 0) is 19.3 Å². The first-order chi connectivity index (χ1) is 15.2. The fourth-order valence-electron chi connectivity index (χ4n) is 4.32. The Bertz CT molecular complexity index is 1300. The summed E-state index contributed by atoms with van der Waals surface area (Å²) in [4.78, 5) is 16.1. The molecule has 3 aromatic rings. The smallest absolute Gasteiger partial charge is 0.239 e. The molecule has 0 radical (unpaired) electrons. The van der Waals surface area contributed by atoms with Crippen LogP contribution in [0.15, 0.2) is 24.3 Å². The number of nitrogens with zero attached hydrogens (tertiary/aromatic N) is 5. The number of rotatable bonds is 5. The predicted octanol–water partition coefficient (Wildman–Crippen LogP) is 1.67. The van der Waals surface area contributed by atoms with Crippen molar-refractivity contribution in [3.63, 3.8) is 0 Å². The highest BCUT2D eigenvalue weighted by atomic mass is 32.2. The van der Waals surface area contributed by atoms with E-state index in [2.05, 4.69) is 16.8 Å². The number of nitrogens with two attached hydrogens (primary N) is 1. The molecule has 1 saturated carbocycles. The van der Waals surface area contributed by atoms with Gasteiger partial charge in [0.05, 0.1) is 43.1 Å². The summed E-state index contributed by atoms with van der Waals surface area (Å²) in [5.74, 6) is 1.84. The van der Waals surface area contributed by atoms with Gasteiger partial charge in [-0.15, -0.1) is 0 Å². The minimum atomic E-state index is -3.36. The van der Waals surface area contributed by atoms with Gasteiger partial charge in [0.2, 0.25) is 11.9 Å². The fraction of sp³-hybridized carbons (Fsp3) is 0.476. The zero-order valence-electron chi connectivity index (χ0n) is 18.3. The number of ether oxygens (including phenoxy) is 2. The van der Waals surface area contributed by atoms with E-state index >= 15 is 0 Å². The molecule has 5 rings (SSSR count). The van der Waals surface area contributed by atoms with Crippen molar-refractivity contribution in [3.8, 4) is 11.7 Å². The molecule has 0 bridgehead atoms. The monoisotopic (exact) mass is 458 g/mol. The number of fused-ring (bicyclic) bond motifs is 1. The third-order valence-electron chi connectivity index (χ3n) is 6.33.